The van der Waals surface area contributed by atoms with Crippen molar-refractivity contribution in [2.45, 2.75) is 32.7 Å². The number of carbonyl (C=O) groups excluding carboxylic acids is 1. The Morgan fingerprint density at radius 3 is 2.77 bits per heavy atom. The van der Waals surface area contributed by atoms with Crippen LogP contribution in [0, 0.1) is 18.2 Å². The summed E-state index contributed by atoms with van der Waals surface area (Å²) in [7, 11) is 0. The molecule has 0 spiro atoms. The van der Waals surface area contributed by atoms with E-state index in [2.05, 4.69) is 25.5 Å². The van der Waals surface area contributed by atoms with Crippen LogP contribution in [0.15, 0.2) is 53.9 Å². The van der Waals surface area contributed by atoms with Gasteiger partial charge in [-0.2, -0.15) is 15.0 Å². The Bertz CT molecular complexity index is 1050. The summed E-state index contributed by atoms with van der Waals surface area (Å²) in [6.07, 6.45) is 6.43. The van der Waals surface area contributed by atoms with Crippen LogP contribution in [0.5, 0.6) is 0 Å². The van der Waals surface area contributed by atoms with E-state index < -0.39 is 5.82 Å². The number of amides is 1. The summed E-state index contributed by atoms with van der Waals surface area (Å²) in [6.45, 7) is 3.75. The lowest BCUT2D eigenvalue weighted by Gasteiger charge is -2.16. The van der Waals surface area contributed by atoms with Crippen LogP contribution in [-0.2, 0) is 0 Å². The van der Waals surface area contributed by atoms with Crippen molar-refractivity contribution >= 4 is 23.7 Å². The number of benzene rings is 1. The highest BCUT2D eigenvalue weighted by atomic mass is 19.1. The first-order valence-corrected chi connectivity index (χ1v) is 9.41. The summed E-state index contributed by atoms with van der Waals surface area (Å²) in [5, 5.41) is 19.2. The first-order chi connectivity index (χ1) is 14.4. The predicted molar refractivity (Wildman–Crippen MR) is 112 cm³/mol. The van der Waals surface area contributed by atoms with Crippen molar-refractivity contribution in [3.05, 3.63) is 65.9 Å². The van der Waals surface area contributed by atoms with Crippen LogP contribution in [0.3, 0.4) is 0 Å². The molecule has 0 aliphatic carbocycles. The lowest BCUT2D eigenvalue weighted by atomic mass is 10.1. The van der Waals surface area contributed by atoms with Gasteiger partial charge in [0.15, 0.2) is 5.82 Å². The van der Waals surface area contributed by atoms with E-state index in [9.17, 15) is 9.18 Å². The van der Waals surface area contributed by atoms with Gasteiger partial charge in [-0.3, -0.25) is 4.79 Å². The van der Waals surface area contributed by atoms with E-state index in [1.807, 2.05) is 19.9 Å². The number of rotatable bonds is 8. The van der Waals surface area contributed by atoms with Crippen LogP contribution in [0.2, 0.25) is 0 Å². The van der Waals surface area contributed by atoms with Crippen molar-refractivity contribution in [3.8, 4) is 5.69 Å². The molecule has 30 heavy (non-hydrogen) atoms. The van der Waals surface area contributed by atoms with Gasteiger partial charge in [-0.15, -0.1) is 0 Å². The molecule has 0 fully saturated rings. The number of aromatic nitrogens is 4. The van der Waals surface area contributed by atoms with Gasteiger partial charge in [0, 0.05) is 30.8 Å². The average Bonchev–Trinajstić information content (AvgIpc) is 3.24. The number of pyridine rings is 1. The summed E-state index contributed by atoms with van der Waals surface area (Å²) in [4.78, 5) is 22.2. The normalized spacial score (nSPS) is 12.1. The third-order valence-electron chi connectivity index (χ3n) is 4.23. The Balaban J connectivity index is 1.57. The van der Waals surface area contributed by atoms with Gasteiger partial charge in [0.05, 0.1) is 29.8 Å². The van der Waals surface area contributed by atoms with E-state index in [0.29, 0.717) is 35.6 Å². The van der Waals surface area contributed by atoms with Crippen molar-refractivity contribution in [2.24, 2.45) is 4.99 Å². The van der Waals surface area contributed by atoms with Crippen molar-refractivity contribution in [3.63, 3.8) is 0 Å². The second-order valence-corrected chi connectivity index (χ2v) is 6.87. The second kappa shape index (κ2) is 9.64. The number of nitrogens with zero attached hydrogens (tertiary/aromatic N) is 5. The molecule has 0 aliphatic heterocycles. The summed E-state index contributed by atoms with van der Waals surface area (Å²) in [5.74, 6) is -0.299. The molecule has 2 N–H and O–H groups in total. The maximum absolute atomic E-state index is 12.8. The lowest BCUT2D eigenvalue weighted by Crippen LogP contribution is -2.34. The quantitative estimate of drug-likeness (QED) is 0.558. The fourth-order valence-corrected chi connectivity index (χ4v) is 2.85. The van der Waals surface area contributed by atoms with Crippen molar-refractivity contribution in [1.29, 1.82) is 5.41 Å². The van der Waals surface area contributed by atoms with Gasteiger partial charge >= 0.3 is 0 Å². The van der Waals surface area contributed by atoms with Crippen LogP contribution in [0.4, 0.5) is 10.2 Å². The molecule has 3 aromatic rings. The maximum Gasteiger partial charge on any atom is 0.253 e. The second-order valence-electron chi connectivity index (χ2n) is 6.87. The van der Waals surface area contributed by atoms with E-state index in [0.717, 1.165) is 11.8 Å². The first-order valence-electron chi connectivity index (χ1n) is 9.41. The van der Waals surface area contributed by atoms with Gasteiger partial charge in [-0.25, -0.2) is 14.4 Å². The van der Waals surface area contributed by atoms with Crippen molar-refractivity contribution in [2.75, 3.05) is 0 Å². The van der Waals surface area contributed by atoms with Gasteiger partial charge in [-0.05, 0) is 38.1 Å². The van der Waals surface area contributed by atoms with Crippen molar-refractivity contribution < 1.29 is 9.18 Å². The van der Waals surface area contributed by atoms with Crippen LogP contribution in [-0.4, -0.2) is 43.9 Å². The molecule has 9 heteroatoms. The molecule has 154 valence electrons. The molecular formula is C21H22FN7O. The van der Waals surface area contributed by atoms with Gasteiger partial charge in [0.25, 0.3) is 5.91 Å². The number of carbonyl (C=O) groups is 1. The molecule has 8 nitrogen and oxygen atoms in total. The van der Waals surface area contributed by atoms with Gasteiger partial charge in [0.2, 0.25) is 0 Å². The Morgan fingerprint density at radius 1 is 1.30 bits per heavy atom. The first kappa shape index (κ1) is 21.0. The maximum atomic E-state index is 12.8. The molecule has 1 aromatic carbocycles. The molecule has 0 saturated heterocycles. The smallest absolute Gasteiger partial charge is 0.253 e. The average molecular weight is 407 g/mol. The van der Waals surface area contributed by atoms with Gasteiger partial charge in [-0.1, -0.05) is 11.6 Å². The topological polar surface area (TPSA) is 109 Å². The van der Waals surface area contributed by atoms with E-state index in [1.54, 1.807) is 30.7 Å². The molecule has 0 saturated carbocycles. The summed E-state index contributed by atoms with van der Waals surface area (Å²) in [6, 6.07) is 7.98. The SMILES string of the molecule is Cc1ccc(-n2nccn2)c(C(=O)NC(C)CC(=N)CC=Nc2ccc(F)cn2)c1. The number of aliphatic imine (C=N–C) groups is 1. The highest BCUT2D eigenvalue weighted by Crippen LogP contribution is 2.15. The monoisotopic (exact) mass is 407 g/mol. The predicted octanol–water partition coefficient (Wildman–Crippen LogP) is 3.43. The van der Waals surface area contributed by atoms with E-state index in [1.165, 1.54) is 16.9 Å². The van der Waals surface area contributed by atoms with Crippen molar-refractivity contribution in [1.82, 2.24) is 25.3 Å². The summed E-state index contributed by atoms with van der Waals surface area (Å²) in [5.41, 5.74) is 2.41. The Kier molecular flexibility index (Phi) is 6.74. The van der Waals surface area contributed by atoms with Crippen LogP contribution in [0.1, 0.15) is 35.7 Å². The number of nitrogens with one attached hydrogen (secondary N) is 2. The summed E-state index contributed by atoms with van der Waals surface area (Å²) < 4.78 is 12.8. The van der Waals surface area contributed by atoms with Gasteiger partial charge < -0.3 is 10.7 Å². The molecule has 0 aliphatic rings. The lowest BCUT2D eigenvalue weighted by molar-refractivity contribution is 0.0941. The number of hydrogen-bond donors (Lipinski definition) is 2. The van der Waals surface area contributed by atoms with E-state index in [-0.39, 0.29) is 11.9 Å². The molecule has 1 amide bonds. The zero-order valence-corrected chi connectivity index (χ0v) is 16.7. The van der Waals surface area contributed by atoms with Gasteiger partial charge in [0.1, 0.15) is 5.82 Å². The van der Waals surface area contributed by atoms with Crippen LogP contribution < -0.4 is 5.32 Å². The highest BCUT2D eigenvalue weighted by molar-refractivity contribution is 5.99. The molecule has 3 rings (SSSR count). The molecule has 0 bridgehead atoms. The largest absolute Gasteiger partial charge is 0.349 e. The third-order valence-corrected chi connectivity index (χ3v) is 4.23. The number of halogens is 1. The standard InChI is InChI=1S/C21H22FN7O/c1-14-3-5-19(29-26-9-10-27-29)18(11-14)21(30)28-15(2)12-17(23)7-8-24-20-6-4-16(22)13-25-20/h3-6,8-11,13,15,23H,7,12H2,1-2H3,(H,28,30). The molecule has 1 atom stereocenters. The van der Waals surface area contributed by atoms with Crippen LogP contribution >= 0.6 is 0 Å². The molecule has 2 heterocycles. The molecule has 2 aromatic heterocycles. The molecule has 1 unspecified atom stereocenters. The fourth-order valence-electron chi connectivity index (χ4n) is 2.85. The Morgan fingerprint density at radius 2 is 2.07 bits per heavy atom. The van der Waals surface area contributed by atoms with Crippen LogP contribution in [0.25, 0.3) is 5.69 Å². The zero-order chi connectivity index (χ0) is 21.5. The highest BCUT2D eigenvalue weighted by Gasteiger charge is 2.17. The minimum atomic E-state index is -0.425. The fraction of sp³-hybridized carbons (Fsp3) is 0.238. The minimum absolute atomic E-state index is 0.249. The Hall–Kier alpha value is -3.75. The Labute approximate surface area is 173 Å². The number of hydrogen-bond acceptors (Lipinski definition) is 6. The number of aryl methyl sites for hydroxylation is 1. The molecule has 0 radical (unpaired) electrons. The zero-order valence-electron chi connectivity index (χ0n) is 16.7. The molecular weight excluding hydrogens is 385 g/mol. The summed E-state index contributed by atoms with van der Waals surface area (Å²) >= 11 is 0. The van der Waals surface area contributed by atoms with E-state index in [4.69, 9.17) is 5.41 Å². The third kappa shape index (κ3) is 5.63. The van der Waals surface area contributed by atoms with E-state index >= 15 is 0 Å². The minimum Gasteiger partial charge on any atom is -0.349 e.